The summed E-state index contributed by atoms with van der Waals surface area (Å²) in [5.74, 6) is 0.768. The van der Waals surface area contributed by atoms with E-state index in [1.807, 2.05) is 0 Å². The fourth-order valence-electron chi connectivity index (χ4n) is 1.94. The molecule has 10 heteroatoms. The molecule has 1 aliphatic rings. The molecule has 136 valence electrons. The fraction of sp³-hybridized carbons (Fsp3) is 0.250. The minimum atomic E-state index is -4.74. The molecule has 1 aromatic carbocycles. The van der Waals surface area contributed by atoms with Crippen LogP contribution in [-0.2, 0) is 6.18 Å². The number of nitrogens with zero attached hydrogens (tertiary/aromatic N) is 1. The van der Waals surface area contributed by atoms with Gasteiger partial charge >= 0.3 is 23.9 Å². The van der Waals surface area contributed by atoms with E-state index in [0.717, 1.165) is 6.07 Å². The smallest absolute Gasteiger partial charge is 0.351 e. The maximum atomic E-state index is 12.8. The van der Waals surface area contributed by atoms with Gasteiger partial charge in [0.25, 0.3) is 5.91 Å². The van der Waals surface area contributed by atoms with E-state index in [1.54, 1.807) is 5.87 Å². The van der Waals surface area contributed by atoms with Crippen LogP contribution in [0.4, 0.5) is 26.3 Å². The number of amides is 1. The molecule has 0 spiro atoms. The van der Waals surface area contributed by atoms with Crippen molar-refractivity contribution in [3.8, 4) is 0 Å². The molecule has 1 heterocycles. The van der Waals surface area contributed by atoms with E-state index in [9.17, 15) is 31.1 Å². The molecule has 3 nitrogen and oxygen atoms in total. The summed E-state index contributed by atoms with van der Waals surface area (Å²) < 4.78 is 79.5. The van der Waals surface area contributed by atoms with Crippen molar-refractivity contribution < 1.29 is 31.1 Å². The lowest BCUT2D eigenvalue weighted by atomic mass is 10.1. The molecule has 1 aromatic rings. The summed E-state index contributed by atoms with van der Waals surface area (Å²) in [5, 5.41) is 1.94. The molecule has 0 bridgehead atoms. The minimum Gasteiger partial charge on any atom is -0.351 e. The Bertz CT molecular complexity index is 856. The average molecular weight is 394 g/mol. The lowest BCUT2D eigenvalue weighted by Crippen LogP contribution is -2.29. The van der Waals surface area contributed by atoms with Crippen LogP contribution in [0.1, 0.15) is 22.3 Å². The van der Waals surface area contributed by atoms with Gasteiger partial charge in [-0.1, -0.05) is 23.7 Å². The van der Waals surface area contributed by atoms with Crippen molar-refractivity contribution >= 4 is 29.1 Å². The average Bonchev–Trinajstić information content (AvgIpc) is 2.54. The van der Waals surface area contributed by atoms with Crippen LogP contribution < -0.4 is 9.98 Å². The van der Waals surface area contributed by atoms with Crippen molar-refractivity contribution in [2.24, 2.45) is 0 Å². The molecule has 0 unspecified atom stereocenters. The Morgan fingerprint density at radius 1 is 1.12 bits per heavy atom. The third-order valence-corrected chi connectivity index (χ3v) is 3.49. The first-order valence-corrected chi connectivity index (χ1v) is 7.29. The molecule has 0 saturated heterocycles. The van der Waals surface area contributed by atoms with Crippen molar-refractivity contribution in [2.45, 2.75) is 18.8 Å². The van der Waals surface area contributed by atoms with Crippen LogP contribution >= 0.6 is 11.6 Å². The third kappa shape index (κ3) is 4.70. The number of alkyl halides is 6. The summed E-state index contributed by atoms with van der Waals surface area (Å²) in [4.78, 5) is 11.9. The third-order valence-electron chi connectivity index (χ3n) is 3.17. The predicted octanol–water partition coefficient (Wildman–Crippen LogP) is 3.23. The number of hydrogen-bond acceptors (Lipinski definition) is 1. The van der Waals surface area contributed by atoms with Crippen molar-refractivity contribution in [1.29, 1.82) is 0 Å². The SMILES string of the molecule is O=C(NCCC1=[N+]=C=C(C(F)(F)F)C=C1Cl)c1cc#ccc1C(F)(F)F. The number of halogens is 7. The van der Waals surface area contributed by atoms with Gasteiger partial charge in [-0.3, -0.25) is 4.79 Å². The second-order valence-corrected chi connectivity index (χ2v) is 5.39. The Labute approximate surface area is 148 Å². The van der Waals surface area contributed by atoms with E-state index < -0.39 is 35.0 Å². The zero-order valence-corrected chi connectivity index (χ0v) is 13.4. The molecule has 1 amide bonds. The van der Waals surface area contributed by atoms with Gasteiger partial charge in [0.2, 0.25) is 0 Å². The highest BCUT2D eigenvalue weighted by atomic mass is 35.5. The Morgan fingerprint density at radius 3 is 2.35 bits per heavy atom. The van der Waals surface area contributed by atoms with Gasteiger partial charge in [0, 0.05) is 18.7 Å². The number of rotatable bonds is 4. The summed E-state index contributed by atoms with van der Waals surface area (Å²) >= 11 is 5.70. The van der Waals surface area contributed by atoms with Crippen molar-refractivity contribution in [2.75, 3.05) is 6.54 Å². The summed E-state index contributed by atoms with van der Waals surface area (Å²) in [6.45, 7) is -0.194. The van der Waals surface area contributed by atoms with E-state index in [4.69, 9.17) is 11.6 Å². The monoisotopic (exact) mass is 393 g/mol. The molecule has 0 saturated carbocycles. The van der Waals surface area contributed by atoms with Gasteiger partial charge in [-0.15, -0.1) is 0 Å². The number of carbonyl (C=O) groups excluding carboxylic acids is 1. The normalized spacial score (nSPS) is 14.2. The first-order valence-electron chi connectivity index (χ1n) is 6.91. The molecule has 0 fully saturated rings. The van der Waals surface area contributed by atoms with Crippen LogP contribution in [0.2, 0.25) is 0 Å². The quantitative estimate of drug-likeness (QED) is 0.619. The summed E-state index contributed by atoms with van der Waals surface area (Å²) in [7, 11) is 0. The first-order chi connectivity index (χ1) is 12.0. The van der Waals surface area contributed by atoms with Gasteiger partial charge in [-0.25, -0.2) is 0 Å². The van der Waals surface area contributed by atoms with Crippen LogP contribution in [0, 0.1) is 12.1 Å². The zero-order chi connectivity index (χ0) is 19.5. The molecule has 0 radical (unpaired) electrons. The molecule has 0 aliphatic carbocycles. The molecule has 1 aliphatic heterocycles. The van der Waals surface area contributed by atoms with E-state index in [-0.39, 0.29) is 23.7 Å². The topological polar surface area (TPSA) is 43.2 Å². The lowest BCUT2D eigenvalue weighted by molar-refractivity contribution is -0.137. The molecule has 26 heavy (non-hydrogen) atoms. The Kier molecular flexibility index (Phi) is 5.53. The maximum absolute atomic E-state index is 12.8. The van der Waals surface area contributed by atoms with Crippen LogP contribution in [0.5, 0.6) is 0 Å². The van der Waals surface area contributed by atoms with E-state index in [2.05, 4.69) is 22.1 Å². The highest BCUT2D eigenvalue weighted by molar-refractivity contribution is 6.44. The van der Waals surface area contributed by atoms with E-state index >= 15 is 0 Å². The Hall–Kier alpha value is -2.65. The van der Waals surface area contributed by atoms with Gasteiger partial charge in [0.1, 0.15) is 5.03 Å². The standard InChI is InChI=1S/C16H7ClF6N2O/c17-12-7-9(15(18,19)20)8-25-13(12)5-6-24-14(26)10-3-1-2-4-11(10)16(21,22)23/h3-4,7H,5-6H2/p+1. The molecular weight excluding hydrogens is 386 g/mol. The number of allylic oxidation sites excluding steroid dienone is 3. The lowest BCUT2D eigenvalue weighted by Gasteiger charge is -2.10. The second kappa shape index (κ2) is 7.30. The van der Waals surface area contributed by atoms with Gasteiger partial charge in [-0.05, 0) is 10.7 Å². The number of nitrogens with one attached hydrogen (secondary N) is 1. The van der Waals surface area contributed by atoms with E-state index in [1.165, 1.54) is 0 Å². The van der Waals surface area contributed by atoms with E-state index in [0.29, 0.717) is 12.1 Å². The van der Waals surface area contributed by atoms with Crippen LogP contribution in [0.25, 0.3) is 0 Å². The van der Waals surface area contributed by atoms with Gasteiger partial charge in [-0.2, -0.15) is 26.3 Å². The van der Waals surface area contributed by atoms with Crippen LogP contribution in [0.3, 0.4) is 0 Å². The maximum Gasteiger partial charge on any atom is 0.430 e. The Morgan fingerprint density at radius 2 is 1.77 bits per heavy atom. The molecule has 2 rings (SSSR count). The molecule has 1 N–H and O–H groups in total. The minimum absolute atomic E-state index is 0.0176. The summed E-state index contributed by atoms with van der Waals surface area (Å²) in [6, 6.07) is 5.82. The summed E-state index contributed by atoms with van der Waals surface area (Å²) in [5.41, 5.74) is -2.95. The predicted molar refractivity (Wildman–Crippen MR) is 81.7 cm³/mol. The highest BCUT2D eigenvalue weighted by Gasteiger charge is 2.38. The highest BCUT2D eigenvalue weighted by Crippen LogP contribution is 2.31. The number of hydrogen-bond donors (Lipinski definition) is 1. The van der Waals surface area contributed by atoms with Crippen molar-refractivity contribution in [3.63, 3.8) is 0 Å². The number of carbonyl (C=O) groups is 1. The summed E-state index contributed by atoms with van der Waals surface area (Å²) in [6.07, 6.45) is -8.86. The molecular formula is C16H8ClF6N2O+. The zero-order valence-electron chi connectivity index (χ0n) is 12.6. The van der Waals surface area contributed by atoms with Crippen molar-refractivity contribution in [1.82, 2.24) is 9.98 Å². The van der Waals surface area contributed by atoms with Gasteiger partial charge in [0.05, 0.1) is 17.5 Å². The van der Waals surface area contributed by atoms with Gasteiger partial charge in [0.15, 0.2) is 5.57 Å². The van der Waals surface area contributed by atoms with Gasteiger partial charge < -0.3 is 5.32 Å². The second-order valence-electron chi connectivity index (χ2n) is 4.98. The van der Waals surface area contributed by atoms with Crippen molar-refractivity contribution in [3.05, 3.63) is 52.1 Å². The van der Waals surface area contributed by atoms with Crippen LogP contribution in [-0.4, -0.2) is 30.2 Å². The van der Waals surface area contributed by atoms with Crippen LogP contribution in [0.15, 0.2) is 28.8 Å². The first kappa shape index (κ1) is 19.7. The molecule has 0 atom stereocenters. The largest absolute Gasteiger partial charge is 0.430 e. The molecule has 0 aromatic heterocycles. The fourth-order valence-corrected chi connectivity index (χ4v) is 2.19. The Balaban J connectivity index is 2.08.